The first-order chi connectivity index (χ1) is 19.7. The van der Waals surface area contributed by atoms with Gasteiger partial charge in [0.05, 0.1) is 19.0 Å². The third-order valence-corrected chi connectivity index (χ3v) is 10.1. The Morgan fingerprint density at radius 3 is 2.49 bits per heavy atom. The highest BCUT2D eigenvalue weighted by molar-refractivity contribution is 5.94. The monoisotopic (exact) mass is 566 g/mol. The quantitative estimate of drug-likeness (QED) is 0.476. The molecule has 4 atom stereocenters. The van der Waals surface area contributed by atoms with Crippen molar-refractivity contribution in [2.24, 2.45) is 17.8 Å². The minimum atomic E-state index is -0.525. The van der Waals surface area contributed by atoms with Crippen molar-refractivity contribution in [1.29, 1.82) is 0 Å². The van der Waals surface area contributed by atoms with E-state index in [2.05, 4.69) is 39.7 Å². The summed E-state index contributed by atoms with van der Waals surface area (Å²) in [5.41, 5.74) is 0.610. The topological polar surface area (TPSA) is 112 Å². The van der Waals surface area contributed by atoms with Crippen molar-refractivity contribution in [1.82, 2.24) is 30.7 Å². The second-order valence-electron chi connectivity index (χ2n) is 13.1. The maximum atomic E-state index is 14.4. The van der Waals surface area contributed by atoms with Gasteiger partial charge in [0, 0.05) is 47.8 Å². The smallest absolute Gasteiger partial charge is 0.274 e. The Bertz CT molecular complexity index is 1260. The minimum absolute atomic E-state index is 0.0708. The molecule has 2 aliphatic carbocycles. The SMILES string of the molecule is COc1cc(-c2cc(C(=O)N3CC[C@H](C(=O)NC4CCC([C@@H]5C[C@@H](C)N[C@@H](C)C5)CC4)CC34CC4)n[nH]2)c(F)cn1. The van der Waals surface area contributed by atoms with Gasteiger partial charge < -0.3 is 20.3 Å². The third-order valence-electron chi connectivity index (χ3n) is 10.1. The van der Waals surface area contributed by atoms with E-state index in [1.165, 1.54) is 38.9 Å². The number of pyridine rings is 1. The second-order valence-corrected chi connectivity index (χ2v) is 13.1. The van der Waals surface area contributed by atoms with Crippen molar-refractivity contribution in [2.45, 2.75) is 102 Å². The molecule has 10 heteroatoms. The first kappa shape index (κ1) is 28.1. The van der Waals surface area contributed by atoms with E-state index in [-0.39, 0.29) is 46.5 Å². The predicted octanol–water partition coefficient (Wildman–Crippen LogP) is 4.46. The Morgan fingerprint density at radius 1 is 1.07 bits per heavy atom. The molecule has 4 heterocycles. The first-order valence-electron chi connectivity index (χ1n) is 15.4. The van der Waals surface area contributed by atoms with E-state index in [0.717, 1.165) is 43.7 Å². The van der Waals surface area contributed by atoms with Gasteiger partial charge in [0.1, 0.15) is 0 Å². The molecule has 2 aliphatic heterocycles. The van der Waals surface area contributed by atoms with Gasteiger partial charge >= 0.3 is 0 Å². The Hall–Kier alpha value is -3.01. The molecule has 2 saturated carbocycles. The Morgan fingerprint density at radius 2 is 1.80 bits per heavy atom. The number of rotatable bonds is 6. The number of aromatic amines is 1. The number of ether oxygens (including phenoxy) is 1. The standard InChI is InChI=1S/C31H43FN6O3/c1-18-12-22(13-19(2)34-18)20-4-6-23(7-5-20)35-29(39)21-8-11-38(31(16-21)9-10-31)30(40)27-15-26(36-37-27)24-14-28(41-3)33-17-25(24)32/h14-15,17-23,34H,4-13,16H2,1-3H3,(H,35,39)(H,36,37)/t18-,19+,20?,21-,22-,23?/m0/s1. The van der Waals surface area contributed by atoms with Crippen LogP contribution in [0, 0.1) is 23.6 Å². The lowest BCUT2D eigenvalue weighted by atomic mass is 9.72. The fourth-order valence-corrected chi connectivity index (χ4v) is 7.86. The summed E-state index contributed by atoms with van der Waals surface area (Å²) in [6.45, 7) is 5.12. The molecule has 4 aliphatic rings. The van der Waals surface area contributed by atoms with Crippen LogP contribution in [-0.4, -0.2) is 69.2 Å². The molecule has 3 N–H and O–H groups in total. The number of piperidine rings is 2. The first-order valence-corrected chi connectivity index (χ1v) is 15.4. The molecule has 9 nitrogen and oxygen atoms in total. The van der Waals surface area contributed by atoms with Gasteiger partial charge in [-0.25, -0.2) is 9.37 Å². The maximum absolute atomic E-state index is 14.4. The van der Waals surface area contributed by atoms with Gasteiger partial charge in [-0.15, -0.1) is 0 Å². The molecule has 6 rings (SSSR count). The number of hydrogen-bond donors (Lipinski definition) is 3. The number of halogens is 1. The lowest BCUT2D eigenvalue weighted by Gasteiger charge is -2.41. The number of methoxy groups -OCH3 is 1. The van der Waals surface area contributed by atoms with Crippen LogP contribution in [0.2, 0.25) is 0 Å². The van der Waals surface area contributed by atoms with E-state index in [4.69, 9.17) is 4.74 Å². The number of H-pyrrole nitrogens is 1. The highest BCUT2D eigenvalue weighted by Gasteiger charge is 2.55. The largest absolute Gasteiger partial charge is 0.481 e. The number of amides is 2. The summed E-state index contributed by atoms with van der Waals surface area (Å²) in [6, 6.07) is 4.51. The fourth-order valence-electron chi connectivity index (χ4n) is 7.86. The van der Waals surface area contributed by atoms with Crippen LogP contribution in [0.15, 0.2) is 18.3 Å². The Kier molecular flexibility index (Phi) is 7.78. The summed E-state index contributed by atoms with van der Waals surface area (Å²) in [4.78, 5) is 32.6. The van der Waals surface area contributed by atoms with E-state index in [0.29, 0.717) is 37.2 Å². The molecule has 2 aromatic rings. The van der Waals surface area contributed by atoms with Crippen molar-refractivity contribution in [3.63, 3.8) is 0 Å². The number of likely N-dealkylation sites (tertiary alicyclic amines) is 1. The minimum Gasteiger partial charge on any atom is -0.481 e. The number of aromatic nitrogens is 3. The van der Waals surface area contributed by atoms with Crippen molar-refractivity contribution in [3.05, 3.63) is 29.8 Å². The molecule has 4 fully saturated rings. The summed E-state index contributed by atoms with van der Waals surface area (Å²) in [6.07, 6.45) is 11.3. The van der Waals surface area contributed by atoms with E-state index in [1.54, 1.807) is 6.07 Å². The van der Waals surface area contributed by atoms with Crippen LogP contribution in [0.3, 0.4) is 0 Å². The molecule has 0 radical (unpaired) electrons. The van der Waals surface area contributed by atoms with Gasteiger partial charge in [0.2, 0.25) is 11.8 Å². The maximum Gasteiger partial charge on any atom is 0.274 e. The Labute approximate surface area is 241 Å². The summed E-state index contributed by atoms with van der Waals surface area (Å²) in [7, 11) is 1.46. The van der Waals surface area contributed by atoms with Gasteiger partial charge in [-0.05, 0) is 96.0 Å². The summed E-state index contributed by atoms with van der Waals surface area (Å²) < 4.78 is 19.5. The zero-order chi connectivity index (χ0) is 28.7. The number of hydrogen-bond acceptors (Lipinski definition) is 6. The van der Waals surface area contributed by atoms with Gasteiger partial charge in [0.15, 0.2) is 11.5 Å². The number of nitrogens with one attached hydrogen (secondary N) is 3. The Balaban J connectivity index is 1.03. The van der Waals surface area contributed by atoms with Crippen LogP contribution < -0.4 is 15.4 Å². The van der Waals surface area contributed by atoms with Gasteiger partial charge in [-0.3, -0.25) is 14.7 Å². The highest BCUT2D eigenvalue weighted by Crippen LogP contribution is 2.50. The average Bonchev–Trinajstić information content (AvgIpc) is 3.54. The lowest BCUT2D eigenvalue weighted by Crippen LogP contribution is -2.52. The molecule has 2 saturated heterocycles. The fraction of sp³-hybridized carbons (Fsp3) is 0.677. The highest BCUT2D eigenvalue weighted by atomic mass is 19.1. The molecule has 2 amide bonds. The van der Waals surface area contributed by atoms with Crippen LogP contribution in [0.5, 0.6) is 5.88 Å². The molecule has 0 bridgehead atoms. The van der Waals surface area contributed by atoms with Crippen molar-refractivity contribution in [3.8, 4) is 17.1 Å². The molecule has 0 unspecified atom stereocenters. The summed E-state index contributed by atoms with van der Waals surface area (Å²) in [5, 5.41) is 14.0. The van der Waals surface area contributed by atoms with E-state index < -0.39 is 5.82 Å². The van der Waals surface area contributed by atoms with Crippen LogP contribution in [0.25, 0.3) is 11.3 Å². The summed E-state index contributed by atoms with van der Waals surface area (Å²) >= 11 is 0. The van der Waals surface area contributed by atoms with E-state index in [1.807, 2.05) is 4.90 Å². The summed E-state index contributed by atoms with van der Waals surface area (Å²) in [5.74, 6) is 1.23. The predicted molar refractivity (Wildman–Crippen MR) is 153 cm³/mol. The molecule has 41 heavy (non-hydrogen) atoms. The molecule has 0 aromatic carbocycles. The van der Waals surface area contributed by atoms with Crippen LogP contribution in [0.4, 0.5) is 4.39 Å². The van der Waals surface area contributed by atoms with Gasteiger partial charge in [0.25, 0.3) is 5.91 Å². The van der Waals surface area contributed by atoms with Crippen LogP contribution in [-0.2, 0) is 4.79 Å². The van der Waals surface area contributed by atoms with Gasteiger partial charge in [-0.2, -0.15) is 5.10 Å². The zero-order valence-electron chi connectivity index (χ0n) is 24.4. The second kappa shape index (κ2) is 11.3. The number of carbonyl (C=O) groups is 2. The number of nitrogens with zero attached hydrogens (tertiary/aromatic N) is 3. The lowest BCUT2D eigenvalue weighted by molar-refractivity contribution is -0.128. The van der Waals surface area contributed by atoms with Crippen molar-refractivity contribution >= 4 is 11.8 Å². The molecular weight excluding hydrogens is 523 g/mol. The van der Waals surface area contributed by atoms with E-state index >= 15 is 0 Å². The van der Waals surface area contributed by atoms with E-state index in [9.17, 15) is 14.0 Å². The van der Waals surface area contributed by atoms with Gasteiger partial charge in [-0.1, -0.05) is 0 Å². The normalized spacial score (nSPS) is 31.1. The van der Waals surface area contributed by atoms with Crippen LogP contribution >= 0.6 is 0 Å². The number of carbonyl (C=O) groups excluding carboxylic acids is 2. The van der Waals surface area contributed by atoms with Crippen LogP contribution in [0.1, 0.15) is 88.5 Å². The van der Waals surface area contributed by atoms with Crippen molar-refractivity contribution < 1.29 is 18.7 Å². The molecule has 2 aromatic heterocycles. The zero-order valence-corrected chi connectivity index (χ0v) is 24.4. The van der Waals surface area contributed by atoms with Crippen molar-refractivity contribution in [2.75, 3.05) is 13.7 Å². The molecule has 222 valence electrons. The average molecular weight is 567 g/mol. The third kappa shape index (κ3) is 5.85. The molecular formula is C31H43FN6O3. The molecule has 1 spiro atoms.